The Kier molecular flexibility index (Phi) is 4.70. The molecule has 0 saturated heterocycles. The first kappa shape index (κ1) is 16.2. The summed E-state index contributed by atoms with van der Waals surface area (Å²) in [6.45, 7) is 0. The SMILES string of the molecule is CSc1cccc(Nc2nc(SC)nc3sc4c(c23)CCCC4)c1. The van der Waals surface area contributed by atoms with Crippen molar-refractivity contribution in [2.24, 2.45) is 0 Å². The molecule has 0 fully saturated rings. The Balaban J connectivity index is 1.84. The van der Waals surface area contributed by atoms with Crippen LogP contribution in [0.5, 0.6) is 0 Å². The molecule has 24 heavy (non-hydrogen) atoms. The summed E-state index contributed by atoms with van der Waals surface area (Å²) in [6, 6.07) is 8.50. The Labute approximate surface area is 154 Å². The fraction of sp³-hybridized carbons (Fsp3) is 0.333. The fourth-order valence-corrected chi connectivity index (χ4v) is 5.30. The van der Waals surface area contributed by atoms with Gasteiger partial charge in [-0.25, -0.2) is 9.97 Å². The summed E-state index contributed by atoms with van der Waals surface area (Å²) in [5.74, 6) is 0.960. The number of benzene rings is 1. The predicted molar refractivity (Wildman–Crippen MR) is 107 cm³/mol. The molecule has 0 spiro atoms. The zero-order valence-corrected chi connectivity index (χ0v) is 16.2. The van der Waals surface area contributed by atoms with Crippen molar-refractivity contribution in [1.29, 1.82) is 0 Å². The second kappa shape index (κ2) is 6.94. The highest BCUT2D eigenvalue weighted by Crippen LogP contribution is 2.40. The molecule has 0 aliphatic heterocycles. The molecule has 1 aromatic carbocycles. The smallest absolute Gasteiger partial charge is 0.190 e. The highest BCUT2D eigenvalue weighted by molar-refractivity contribution is 7.98. The van der Waals surface area contributed by atoms with E-state index >= 15 is 0 Å². The number of nitrogens with one attached hydrogen (secondary N) is 1. The Morgan fingerprint density at radius 3 is 2.79 bits per heavy atom. The monoisotopic (exact) mass is 373 g/mol. The standard InChI is InChI=1S/C18H19N3S3/c1-22-12-7-5-6-11(10-12)19-16-15-13-8-3-4-9-14(13)24-17(15)21-18(20-16)23-2/h5-7,10H,3-4,8-9H2,1-2H3,(H,19,20,21). The fourth-order valence-electron chi connectivity index (χ4n) is 3.16. The molecule has 0 saturated carbocycles. The van der Waals surface area contributed by atoms with Gasteiger partial charge >= 0.3 is 0 Å². The lowest BCUT2D eigenvalue weighted by atomic mass is 9.97. The van der Waals surface area contributed by atoms with Crippen LogP contribution in [0.1, 0.15) is 23.3 Å². The Morgan fingerprint density at radius 1 is 1.08 bits per heavy atom. The molecule has 1 N–H and O–H groups in total. The van der Waals surface area contributed by atoms with Gasteiger partial charge in [0, 0.05) is 15.5 Å². The van der Waals surface area contributed by atoms with Crippen molar-refractivity contribution in [3.63, 3.8) is 0 Å². The predicted octanol–water partition coefficient (Wildman–Crippen LogP) is 5.76. The normalized spacial score (nSPS) is 13.9. The molecule has 1 aliphatic rings. The molecule has 2 aromatic heterocycles. The van der Waals surface area contributed by atoms with Crippen molar-refractivity contribution in [1.82, 2.24) is 9.97 Å². The molecule has 0 unspecified atom stereocenters. The van der Waals surface area contributed by atoms with E-state index in [2.05, 4.69) is 35.8 Å². The van der Waals surface area contributed by atoms with Gasteiger partial charge in [-0.2, -0.15) is 0 Å². The van der Waals surface area contributed by atoms with Crippen molar-refractivity contribution in [2.75, 3.05) is 17.8 Å². The van der Waals surface area contributed by atoms with E-state index in [4.69, 9.17) is 9.97 Å². The summed E-state index contributed by atoms with van der Waals surface area (Å²) in [5, 5.41) is 5.64. The maximum atomic E-state index is 4.79. The van der Waals surface area contributed by atoms with Crippen LogP contribution < -0.4 is 5.32 Å². The minimum atomic E-state index is 0.838. The number of nitrogens with zero attached hydrogens (tertiary/aromatic N) is 2. The summed E-state index contributed by atoms with van der Waals surface area (Å²) < 4.78 is 0. The molecule has 4 rings (SSSR count). The number of thiophene rings is 1. The molecular formula is C18H19N3S3. The van der Waals surface area contributed by atoms with E-state index in [0.29, 0.717) is 0 Å². The number of hydrogen-bond donors (Lipinski definition) is 1. The van der Waals surface area contributed by atoms with E-state index in [1.165, 1.54) is 40.0 Å². The van der Waals surface area contributed by atoms with Crippen molar-refractivity contribution in [2.45, 2.75) is 35.7 Å². The third-order valence-electron chi connectivity index (χ3n) is 4.31. The molecule has 0 radical (unpaired) electrons. The van der Waals surface area contributed by atoms with Crippen molar-refractivity contribution >= 4 is 56.6 Å². The van der Waals surface area contributed by atoms with E-state index in [9.17, 15) is 0 Å². The number of aromatic nitrogens is 2. The zero-order chi connectivity index (χ0) is 16.5. The number of hydrogen-bond acceptors (Lipinski definition) is 6. The molecule has 0 amide bonds. The van der Waals surface area contributed by atoms with Crippen LogP contribution in [0.3, 0.4) is 0 Å². The summed E-state index contributed by atoms with van der Waals surface area (Å²) in [5.41, 5.74) is 2.56. The van der Waals surface area contributed by atoms with Gasteiger partial charge in [0.15, 0.2) is 5.16 Å². The van der Waals surface area contributed by atoms with Crippen LogP contribution >= 0.6 is 34.9 Å². The quantitative estimate of drug-likeness (QED) is 0.465. The van der Waals surface area contributed by atoms with E-state index in [1.807, 2.05) is 17.6 Å². The number of fused-ring (bicyclic) bond motifs is 3. The summed E-state index contributed by atoms with van der Waals surface area (Å²) in [4.78, 5) is 13.4. The van der Waals surface area contributed by atoms with Gasteiger partial charge in [-0.15, -0.1) is 23.1 Å². The highest BCUT2D eigenvalue weighted by Gasteiger charge is 2.21. The van der Waals surface area contributed by atoms with E-state index in [1.54, 1.807) is 23.5 Å². The molecule has 124 valence electrons. The molecule has 2 heterocycles. The molecule has 6 heteroatoms. The Morgan fingerprint density at radius 2 is 1.96 bits per heavy atom. The maximum Gasteiger partial charge on any atom is 0.190 e. The number of rotatable bonds is 4. The number of aryl methyl sites for hydroxylation is 2. The molecule has 1 aliphatic carbocycles. The molecule has 0 bridgehead atoms. The van der Waals surface area contributed by atoms with Crippen LogP contribution in [-0.4, -0.2) is 22.5 Å². The highest BCUT2D eigenvalue weighted by atomic mass is 32.2. The van der Waals surface area contributed by atoms with Gasteiger partial charge in [-0.05, 0) is 62.0 Å². The van der Waals surface area contributed by atoms with Gasteiger partial charge in [0.2, 0.25) is 0 Å². The third kappa shape index (κ3) is 3.03. The van der Waals surface area contributed by atoms with Crippen LogP contribution in [-0.2, 0) is 12.8 Å². The van der Waals surface area contributed by atoms with E-state index < -0.39 is 0 Å². The first-order chi connectivity index (χ1) is 11.8. The lowest BCUT2D eigenvalue weighted by molar-refractivity contribution is 0.700. The maximum absolute atomic E-state index is 4.79. The van der Waals surface area contributed by atoms with Crippen molar-refractivity contribution in [3.8, 4) is 0 Å². The van der Waals surface area contributed by atoms with Crippen LogP contribution in [0, 0.1) is 0 Å². The molecule has 3 aromatic rings. The van der Waals surface area contributed by atoms with Crippen LogP contribution in [0.25, 0.3) is 10.2 Å². The van der Waals surface area contributed by atoms with Crippen LogP contribution in [0.15, 0.2) is 34.3 Å². The minimum absolute atomic E-state index is 0.838. The van der Waals surface area contributed by atoms with Gasteiger partial charge in [-0.1, -0.05) is 17.8 Å². The van der Waals surface area contributed by atoms with Gasteiger partial charge in [0.1, 0.15) is 10.6 Å². The summed E-state index contributed by atoms with van der Waals surface area (Å²) in [7, 11) is 0. The largest absolute Gasteiger partial charge is 0.340 e. The van der Waals surface area contributed by atoms with Crippen LogP contribution in [0.2, 0.25) is 0 Å². The second-order valence-electron chi connectivity index (χ2n) is 5.81. The van der Waals surface area contributed by atoms with Gasteiger partial charge < -0.3 is 5.32 Å². The molecule has 0 atom stereocenters. The first-order valence-electron chi connectivity index (χ1n) is 8.06. The average molecular weight is 374 g/mol. The van der Waals surface area contributed by atoms with Gasteiger partial charge in [-0.3, -0.25) is 0 Å². The van der Waals surface area contributed by atoms with Crippen molar-refractivity contribution < 1.29 is 0 Å². The lowest BCUT2D eigenvalue weighted by Gasteiger charge is -2.13. The zero-order valence-electron chi connectivity index (χ0n) is 13.8. The number of thioether (sulfide) groups is 2. The van der Waals surface area contributed by atoms with Crippen LogP contribution in [0.4, 0.5) is 11.5 Å². The Bertz CT molecular complexity index is 889. The van der Waals surface area contributed by atoms with E-state index in [-0.39, 0.29) is 0 Å². The average Bonchev–Trinajstić information content (AvgIpc) is 3.00. The first-order valence-corrected chi connectivity index (χ1v) is 11.3. The van der Waals surface area contributed by atoms with E-state index in [0.717, 1.165) is 27.9 Å². The minimum Gasteiger partial charge on any atom is -0.340 e. The van der Waals surface area contributed by atoms with Crippen molar-refractivity contribution in [3.05, 3.63) is 34.7 Å². The topological polar surface area (TPSA) is 37.8 Å². The summed E-state index contributed by atoms with van der Waals surface area (Å²) in [6.07, 6.45) is 9.03. The van der Waals surface area contributed by atoms with Gasteiger partial charge in [0.25, 0.3) is 0 Å². The second-order valence-corrected chi connectivity index (χ2v) is 8.54. The Hall–Kier alpha value is -1.24. The summed E-state index contributed by atoms with van der Waals surface area (Å²) >= 11 is 5.21. The van der Waals surface area contributed by atoms with Gasteiger partial charge in [0.05, 0.1) is 5.39 Å². The third-order valence-corrected chi connectivity index (χ3v) is 6.77. The number of anilines is 2. The molecular weight excluding hydrogens is 354 g/mol. The lowest BCUT2D eigenvalue weighted by Crippen LogP contribution is -2.02. The molecule has 3 nitrogen and oxygen atoms in total.